The molecule has 2 aromatic rings. The van der Waals surface area contributed by atoms with E-state index in [1.54, 1.807) is 18.2 Å². The van der Waals surface area contributed by atoms with Crippen LogP contribution < -0.4 is 14.8 Å². The summed E-state index contributed by atoms with van der Waals surface area (Å²) in [5.41, 5.74) is -0.214. The van der Waals surface area contributed by atoms with Gasteiger partial charge in [0.25, 0.3) is 17.7 Å². The molecule has 0 saturated heterocycles. The van der Waals surface area contributed by atoms with Gasteiger partial charge in [-0.15, -0.1) is 0 Å². The predicted octanol–water partition coefficient (Wildman–Crippen LogP) is 4.10. The lowest BCUT2D eigenvalue weighted by atomic mass is 10.1. The van der Waals surface area contributed by atoms with Crippen LogP contribution in [0, 0.1) is 0 Å². The maximum Gasteiger partial charge on any atom is 0.326 e. The van der Waals surface area contributed by atoms with E-state index in [4.69, 9.17) is 60.6 Å². The Morgan fingerprint density at radius 2 is 1.48 bits per heavy atom. The molecule has 0 unspecified atom stereocenters. The monoisotopic (exact) mass is 534 g/mol. The molecule has 0 atom stereocenters. The van der Waals surface area contributed by atoms with E-state index in [1.165, 1.54) is 14.2 Å². The van der Waals surface area contributed by atoms with E-state index in [2.05, 4.69) is 5.32 Å². The van der Waals surface area contributed by atoms with Crippen LogP contribution in [0.2, 0.25) is 20.1 Å². The quantitative estimate of drug-likeness (QED) is 0.246. The molecule has 0 saturated carbocycles. The van der Waals surface area contributed by atoms with Crippen LogP contribution in [0.15, 0.2) is 18.2 Å². The van der Waals surface area contributed by atoms with Crippen LogP contribution in [-0.2, 0) is 14.3 Å². The maximum atomic E-state index is 12.6. The minimum atomic E-state index is -1.02. The van der Waals surface area contributed by atoms with Crippen molar-refractivity contribution in [3.63, 3.8) is 0 Å². The molecule has 13 heteroatoms. The number of nitrogens with one attached hydrogen (secondary N) is 1. The van der Waals surface area contributed by atoms with Crippen molar-refractivity contribution in [3.05, 3.63) is 49.4 Å². The number of anilines is 1. The zero-order valence-corrected chi connectivity index (χ0v) is 20.0. The number of halogens is 4. The number of amides is 3. The van der Waals surface area contributed by atoms with Gasteiger partial charge in [-0.2, -0.15) is 0 Å². The summed E-state index contributed by atoms with van der Waals surface area (Å²) in [4.78, 5) is 50.2. The first-order valence-electron chi connectivity index (χ1n) is 9.00. The summed E-state index contributed by atoms with van der Waals surface area (Å²) < 4.78 is 15.1. The molecule has 0 bridgehead atoms. The predicted molar refractivity (Wildman–Crippen MR) is 121 cm³/mol. The normalized spacial score (nSPS) is 12.5. The van der Waals surface area contributed by atoms with E-state index in [1.807, 2.05) is 0 Å². The number of methoxy groups -OCH3 is 2. The van der Waals surface area contributed by atoms with Crippen LogP contribution in [-0.4, -0.2) is 56.0 Å². The van der Waals surface area contributed by atoms with Crippen molar-refractivity contribution in [1.82, 2.24) is 4.90 Å². The molecule has 1 N–H and O–H groups in total. The van der Waals surface area contributed by atoms with Crippen LogP contribution in [0.3, 0.4) is 0 Å². The van der Waals surface area contributed by atoms with E-state index in [-0.39, 0.29) is 31.2 Å². The Balaban J connectivity index is 1.64. The van der Waals surface area contributed by atoms with Crippen LogP contribution in [0.1, 0.15) is 20.7 Å². The molecule has 1 aliphatic rings. The van der Waals surface area contributed by atoms with Gasteiger partial charge in [-0.05, 0) is 12.1 Å². The molecule has 3 rings (SSSR count). The van der Waals surface area contributed by atoms with Crippen molar-refractivity contribution in [2.24, 2.45) is 0 Å². The van der Waals surface area contributed by atoms with Crippen molar-refractivity contribution in [2.45, 2.75) is 0 Å². The highest BCUT2D eigenvalue weighted by molar-refractivity contribution is 6.55. The van der Waals surface area contributed by atoms with Crippen LogP contribution in [0.4, 0.5) is 5.69 Å². The SMILES string of the molecule is COc1ccc(NC(=O)COC(=O)CN2C(=O)c3c(Cl)c(Cl)c(Cl)c(Cl)c3C2=O)c(OC)c1. The zero-order valence-electron chi connectivity index (χ0n) is 17.0. The molecule has 33 heavy (non-hydrogen) atoms. The summed E-state index contributed by atoms with van der Waals surface area (Å²) in [5, 5.41) is 1.60. The number of carbonyl (C=O) groups is 4. The van der Waals surface area contributed by atoms with Crippen molar-refractivity contribution >= 4 is 75.8 Å². The van der Waals surface area contributed by atoms with Gasteiger partial charge in [-0.1, -0.05) is 46.4 Å². The third-order valence-electron chi connectivity index (χ3n) is 4.52. The Kier molecular flexibility index (Phi) is 7.58. The minimum absolute atomic E-state index is 0.196. The highest BCUT2D eigenvalue weighted by Crippen LogP contribution is 2.44. The first-order chi connectivity index (χ1) is 15.6. The van der Waals surface area contributed by atoms with Gasteiger partial charge < -0.3 is 19.5 Å². The van der Waals surface area contributed by atoms with E-state index >= 15 is 0 Å². The lowest BCUT2D eigenvalue weighted by Crippen LogP contribution is -2.36. The van der Waals surface area contributed by atoms with Crippen LogP contribution in [0.25, 0.3) is 0 Å². The molecule has 0 aromatic heterocycles. The molecule has 0 aliphatic carbocycles. The number of nitrogens with zero attached hydrogens (tertiary/aromatic N) is 1. The second-order valence-electron chi connectivity index (χ2n) is 6.48. The van der Waals surface area contributed by atoms with Gasteiger partial charge in [0.15, 0.2) is 6.61 Å². The molecule has 0 radical (unpaired) electrons. The summed E-state index contributed by atoms with van der Waals surface area (Å²) in [6.45, 7) is -1.47. The lowest BCUT2D eigenvalue weighted by Gasteiger charge is -2.14. The van der Waals surface area contributed by atoms with E-state index in [9.17, 15) is 19.2 Å². The molecule has 3 amide bonds. The van der Waals surface area contributed by atoms with Gasteiger partial charge in [-0.25, -0.2) is 0 Å². The first-order valence-corrected chi connectivity index (χ1v) is 10.5. The van der Waals surface area contributed by atoms with Gasteiger partial charge in [0, 0.05) is 6.07 Å². The van der Waals surface area contributed by atoms with E-state index in [0.29, 0.717) is 22.1 Å². The van der Waals surface area contributed by atoms with Gasteiger partial charge in [-0.3, -0.25) is 24.1 Å². The van der Waals surface area contributed by atoms with Crippen molar-refractivity contribution in [2.75, 3.05) is 32.7 Å². The Hall–Kier alpha value is -2.72. The lowest BCUT2D eigenvalue weighted by molar-refractivity contribution is -0.147. The Morgan fingerprint density at radius 3 is 2.00 bits per heavy atom. The average Bonchev–Trinajstić information content (AvgIpc) is 3.05. The third kappa shape index (κ3) is 4.81. The fourth-order valence-corrected chi connectivity index (χ4v) is 3.96. The van der Waals surface area contributed by atoms with E-state index < -0.39 is 36.8 Å². The number of imide groups is 1. The zero-order chi connectivity index (χ0) is 24.4. The fourth-order valence-electron chi connectivity index (χ4n) is 2.95. The van der Waals surface area contributed by atoms with Crippen LogP contribution in [0.5, 0.6) is 11.5 Å². The van der Waals surface area contributed by atoms with Gasteiger partial charge in [0.05, 0.1) is 51.1 Å². The number of esters is 1. The average molecular weight is 536 g/mol. The summed E-state index contributed by atoms with van der Waals surface area (Å²) in [7, 11) is 2.89. The molecular weight excluding hydrogens is 522 g/mol. The Bertz CT molecular complexity index is 1140. The molecule has 9 nitrogen and oxygen atoms in total. The number of carbonyl (C=O) groups excluding carboxylic acids is 4. The molecule has 1 heterocycles. The Labute approximate surface area is 207 Å². The molecule has 0 spiro atoms. The smallest absolute Gasteiger partial charge is 0.326 e. The first kappa shape index (κ1) is 24.9. The van der Waals surface area contributed by atoms with Crippen LogP contribution >= 0.6 is 46.4 Å². The largest absolute Gasteiger partial charge is 0.497 e. The number of rotatable bonds is 7. The molecule has 2 aromatic carbocycles. The molecular formula is C20H14Cl4N2O7. The number of hydrogen-bond acceptors (Lipinski definition) is 7. The summed E-state index contributed by atoms with van der Waals surface area (Å²) >= 11 is 24.0. The molecule has 1 aliphatic heterocycles. The number of fused-ring (bicyclic) bond motifs is 1. The summed E-state index contributed by atoms with van der Waals surface area (Å²) in [5.74, 6) is -2.66. The highest BCUT2D eigenvalue weighted by Gasteiger charge is 2.42. The number of ether oxygens (including phenoxy) is 3. The van der Waals surface area contributed by atoms with E-state index in [0.717, 1.165) is 0 Å². The van der Waals surface area contributed by atoms with Crippen molar-refractivity contribution < 1.29 is 33.4 Å². The standard InChI is InChI=1S/C20H14Cl4N2O7/c1-31-8-3-4-9(10(5-8)32-2)25-11(27)7-33-12(28)6-26-19(29)13-14(20(26)30)16(22)18(24)17(23)15(13)21/h3-5H,6-7H2,1-2H3,(H,25,27). The van der Waals surface area contributed by atoms with Gasteiger partial charge in [0.2, 0.25) is 0 Å². The second kappa shape index (κ2) is 10.0. The topological polar surface area (TPSA) is 111 Å². The van der Waals surface area contributed by atoms with Crippen molar-refractivity contribution in [3.8, 4) is 11.5 Å². The summed E-state index contributed by atoms with van der Waals surface area (Å²) in [6.07, 6.45) is 0. The fraction of sp³-hybridized carbons (Fsp3) is 0.200. The second-order valence-corrected chi connectivity index (χ2v) is 7.99. The van der Waals surface area contributed by atoms with Gasteiger partial charge in [0.1, 0.15) is 18.0 Å². The van der Waals surface area contributed by atoms with Gasteiger partial charge >= 0.3 is 5.97 Å². The minimum Gasteiger partial charge on any atom is -0.497 e. The highest BCUT2D eigenvalue weighted by atomic mass is 35.5. The number of hydrogen-bond donors (Lipinski definition) is 1. The molecule has 0 fully saturated rings. The third-order valence-corrected chi connectivity index (χ3v) is 6.32. The maximum absolute atomic E-state index is 12.6. The van der Waals surface area contributed by atoms with Crippen molar-refractivity contribution in [1.29, 1.82) is 0 Å². The Morgan fingerprint density at radius 1 is 0.909 bits per heavy atom. The summed E-state index contributed by atoms with van der Waals surface area (Å²) in [6, 6.07) is 4.69. The number of benzene rings is 2. The molecule has 174 valence electrons.